The molecule has 1 aromatic rings. The molecule has 1 amide bonds. The molecule has 94 valence electrons. The molecule has 1 unspecified atom stereocenters. The molecule has 17 heavy (non-hydrogen) atoms. The molecule has 0 spiro atoms. The Morgan fingerprint density at radius 3 is 2.76 bits per heavy atom. The van der Waals surface area contributed by atoms with E-state index in [2.05, 4.69) is 17.6 Å². The highest BCUT2D eigenvalue weighted by Crippen LogP contribution is 2.15. The number of hydrogen-bond donors (Lipinski definition) is 2. The van der Waals surface area contributed by atoms with Crippen LogP contribution in [0.3, 0.4) is 0 Å². The van der Waals surface area contributed by atoms with Crippen LogP contribution in [0.15, 0.2) is 24.3 Å². The molecule has 4 heteroatoms. The molecule has 1 atom stereocenters. The minimum Gasteiger partial charge on any atom is -0.380 e. The highest BCUT2D eigenvalue weighted by atomic mass is 16.5. The van der Waals surface area contributed by atoms with Gasteiger partial charge in [-0.25, -0.2) is 0 Å². The smallest absolute Gasteiger partial charge is 0.221 e. The van der Waals surface area contributed by atoms with Gasteiger partial charge in [0.15, 0.2) is 0 Å². The number of hydrogen-bond acceptors (Lipinski definition) is 3. The second-order valence-electron chi connectivity index (χ2n) is 3.97. The largest absolute Gasteiger partial charge is 0.380 e. The number of rotatable bonds is 6. The van der Waals surface area contributed by atoms with Crippen LogP contribution < -0.4 is 10.6 Å². The van der Waals surface area contributed by atoms with E-state index in [0.29, 0.717) is 6.61 Å². The van der Waals surface area contributed by atoms with Crippen LogP contribution in [0.25, 0.3) is 0 Å². The molecule has 0 saturated heterocycles. The Balaban J connectivity index is 2.55. The third-order valence-corrected chi connectivity index (χ3v) is 2.17. The van der Waals surface area contributed by atoms with Crippen LogP contribution in [-0.2, 0) is 9.53 Å². The van der Waals surface area contributed by atoms with E-state index >= 15 is 0 Å². The molecule has 1 rings (SSSR count). The molecule has 0 radical (unpaired) electrons. The average molecular weight is 236 g/mol. The predicted molar refractivity (Wildman–Crippen MR) is 70.3 cm³/mol. The first kappa shape index (κ1) is 13.5. The van der Waals surface area contributed by atoms with Gasteiger partial charge in [0.1, 0.15) is 0 Å². The molecule has 0 aromatic heterocycles. The summed E-state index contributed by atoms with van der Waals surface area (Å²) in [5.41, 5.74) is 1.77. The maximum atomic E-state index is 10.9. The van der Waals surface area contributed by atoms with E-state index in [1.165, 1.54) is 6.92 Å². The fourth-order valence-corrected chi connectivity index (χ4v) is 1.51. The molecule has 0 heterocycles. The van der Waals surface area contributed by atoms with Crippen molar-refractivity contribution in [2.45, 2.75) is 26.8 Å². The van der Waals surface area contributed by atoms with Crippen LogP contribution in [-0.4, -0.2) is 25.2 Å². The van der Waals surface area contributed by atoms with Crippen molar-refractivity contribution in [1.29, 1.82) is 0 Å². The minimum atomic E-state index is -0.0653. The topological polar surface area (TPSA) is 50.4 Å². The molecule has 0 saturated carbocycles. The first-order valence-electron chi connectivity index (χ1n) is 5.83. The molecule has 0 fully saturated rings. The summed E-state index contributed by atoms with van der Waals surface area (Å²) >= 11 is 0. The van der Waals surface area contributed by atoms with Gasteiger partial charge in [0.05, 0.1) is 6.61 Å². The molecule has 1 aromatic carbocycles. The van der Waals surface area contributed by atoms with Gasteiger partial charge in [-0.3, -0.25) is 4.79 Å². The number of anilines is 2. The normalized spacial score (nSPS) is 11.9. The zero-order valence-electron chi connectivity index (χ0n) is 10.6. The maximum Gasteiger partial charge on any atom is 0.221 e. The highest BCUT2D eigenvalue weighted by molar-refractivity contribution is 5.89. The number of carbonyl (C=O) groups is 1. The number of carbonyl (C=O) groups excluding carboxylic acids is 1. The summed E-state index contributed by atoms with van der Waals surface area (Å²) in [5.74, 6) is -0.0653. The first-order chi connectivity index (χ1) is 8.11. The predicted octanol–water partition coefficient (Wildman–Crippen LogP) is 2.48. The van der Waals surface area contributed by atoms with Crippen molar-refractivity contribution in [3.8, 4) is 0 Å². The minimum absolute atomic E-state index is 0.0653. The summed E-state index contributed by atoms with van der Waals surface area (Å²) in [6, 6.07) is 7.88. The van der Waals surface area contributed by atoms with Gasteiger partial charge < -0.3 is 15.4 Å². The fraction of sp³-hybridized carbons (Fsp3) is 0.462. The lowest BCUT2D eigenvalue weighted by molar-refractivity contribution is -0.114. The molecule has 2 N–H and O–H groups in total. The monoisotopic (exact) mass is 236 g/mol. The van der Waals surface area contributed by atoms with E-state index in [1.807, 2.05) is 31.2 Å². The Labute approximate surface area is 102 Å². The Hall–Kier alpha value is -1.55. The second kappa shape index (κ2) is 6.91. The summed E-state index contributed by atoms with van der Waals surface area (Å²) in [7, 11) is 0. The summed E-state index contributed by atoms with van der Waals surface area (Å²) in [5, 5.41) is 6.07. The van der Waals surface area contributed by atoms with E-state index in [-0.39, 0.29) is 11.9 Å². The molecular formula is C13H20N2O2. The third kappa shape index (κ3) is 5.36. The van der Waals surface area contributed by atoms with Crippen molar-refractivity contribution < 1.29 is 9.53 Å². The summed E-state index contributed by atoms with van der Waals surface area (Å²) in [6.07, 6.45) is 0. The van der Waals surface area contributed by atoms with Crippen molar-refractivity contribution in [2.75, 3.05) is 23.8 Å². The van der Waals surface area contributed by atoms with Gasteiger partial charge in [0.25, 0.3) is 0 Å². The van der Waals surface area contributed by atoms with Crippen LogP contribution in [0.1, 0.15) is 20.8 Å². The highest BCUT2D eigenvalue weighted by Gasteiger charge is 2.02. The van der Waals surface area contributed by atoms with E-state index < -0.39 is 0 Å². The zero-order valence-corrected chi connectivity index (χ0v) is 10.6. The van der Waals surface area contributed by atoms with Crippen molar-refractivity contribution in [1.82, 2.24) is 0 Å². The van der Waals surface area contributed by atoms with Crippen LogP contribution >= 0.6 is 0 Å². The molecule has 4 nitrogen and oxygen atoms in total. The second-order valence-corrected chi connectivity index (χ2v) is 3.97. The van der Waals surface area contributed by atoms with E-state index in [9.17, 15) is 4.79 Å². The Morgan fingerprint density at radius 2 is 2.12 bits per heavy atom. The Bertz CT molecular complexity index is 366. The lowest BCUT2D eigenvalue weighted by atomic mass is 10.2. The first-order valence-corrected chi connectivity index (χ1v) is 5.83. The van der Waals surface area contributed by atoms with Crippen LogP contribution in [0.4, 0.5) is 11.4 Å². The van der Waals surface area contributed by atoms with Gasteiger partial charge in [0, 0.05) is 30.9 Å². The van der Waals surface area contributed by atoms with Crippen molar-refractivity contribution in [3.63, 3.8) is 0 Å². The molecule has 0 aliphatic heterocycles. The van der Waals surface area contributed by atoms with Gasteiger partial charge in [-0.1, -0.05) is 6.07 Å². The molecular weight excluding hydrogens is 216 g/mol. The number of nitrogens with one attached hydrogen (secondary N) is 2. The number of ether oxygens (including phenoxy) is 1. The quantitative estimate of drug-likeness (QED) is 0.797. The Kier molecular flexibility index (Phi) is 5.49. The standard InChI is InChI=1S/C13H20N2O2/c1-4-17-9-10(2)14-12-6-5-7-13(8-12)15-11(3)16/h5-8,10,14H,4,9H2,1-3H3,(H,15,16). The molecule has 0 bridgehead atoms. The SMILES string of the molecule is CCOCC(C)Nc1cccc(NC(C)=O)c1. The van der Waals surface area contributed by atoms with Crippen molar-refractivity contribution in [3.05, 3.63) is 24.3 Å². The van der Waals surface area contributed by atoms with E-state index in [0.717, 1.165) is 18.0 Å². The van der Waals surface area contributed by atoms with Gasteiger partial charge in [-0.15, -0.1) is 0 Å². The van der Waals surface area contributed by atoms with E-state index in [1.54, 1.807) is 0 Å². The number of benzene rings is 1. The third-order valence-electron chi connectivity index (χ3n) is 2.17. The summed E-state index contributed by atoms with van der Waals surface area (Å²) < 4.78 is 5.33. The summed E-state index contributed by atoms with van der Waals surface area (Å²) in [4.78, 5) is 10.9. The lowest BCUT2D eigenvalue weighted by Gasteiger charge is -2.15. The fourth-order valence-electron chi connectivity index (χ4n) is 1.51. The van der Waals surface area contributed by atoms with Gasteiger partial charge in [-0.2, -0.15) is 0 Å². The number of amides is 1. The maximum absolute atomic E-state index is 10.9. The van der Waals surface area contributed by atoms with Gasteiger partial charge in [0.2, 0.25) is 5.91 Å². The van der Waals surface area contributed by atoms with Gasteiger partial charge >= 0.3 is 0 Å². The molecule has 0 aliphatic rings. The van der Waals surface area contributed by atoms with Gasteiger partial charge in [-0.05, 0) is 32.0 Å². The van der Waals surface area contributed by atoms with Crippen LogP contribution in [0, 0.1) is 0 Å². The van der Waals surface area contributed by atoms with Crippen LogP contribution in [0.5, 0.6) is 0 Å². The molecule has 0 aliphatic carbocycles. The Morgan fingerprint density at radius 1 is 1.41 bits per heavy atom. The lowest BCUT2D eigenvalue weighted by Crippen LogP contribution is -2.21. The van der Waals surface area contributed by atoms with E-state index in [4.69, 9.17) is 4.74 Å². The van der Waals surface area contributed by atoms with Crippen LogP contribution in [0.2, 0.25) is 0 Å². The average Bonchev–Trinajstić information content (AvgIpc) is 2.26. The zero-order chi connectivity index (χ0) is 12.7. The van der Waals surface area contributed by atoms with Crippen molar-refractivity contribution in [2.24, 2.45) is 0 Å². The summed E-state index contributed by atoms with van der Waals surface area (Å²) in [6.45, 7) is 6.92. The van der Waals surface area contributed by atoms with Crippen molar-refractivity contribution >= 4 is 17.3 Å².